The zero-order chi connectivity index (χ0) is 18.7. The Morgan fingerprint density at radius 2 is 2.12 bits per heavy atom. The van der Waals surface area contributed by atoms with E-state index >= 15 is 0 Å². The molecule has 0 saturated carbocycles. The second-order valence-electron chi connectivity index (χ2n) is 5.65. The monoisotopic (exact) mass is 413 g/mol. The second kappa shape index (κ2) is 7.87. The highest BCUT2D eigenvalue weighted by Gasteiger charge is 2.19. The Morgan fingerprint density at radius 1 is 1.31 bits per heavy atom. The van der Waals surface area contributed by atoms with Gasteiger partial charge < -0.3 is 0 Å². The van der Waals surface area contributed by atoms with Crippen molar-refractivity contribution >= 4 is 33.0 Å². The maximum absolute atomic E-state index is 13.1. The van der Waals surface area contributed by atoms with Crippen molar-refractivity contribution in [1.29, 1.82) is 0 Å². The molecule has 0 aliphatic rings. The van der Waals surface area contributed by atoms with E-state index in [0.29, 0.717) is 5.56 Å². The number of thiophene rings is 1. The number of aromatic nitrogens is 2. The Labute approximate surface area is 160 Å². The van der Waals surface area contributed by atoms with Crippen LogP contribution in [0.25, 0.3) is 11.3 Å². The van der Waals surface area contributed by atoms with Gasteiger partial charge in [0.1, 0.15) is 10.0 Å². The summed E-state index contributed by atoms with van der Waals surface area (Å²) in [6.07, 6.45) is 2.63. The van der Waals surface area contributed by atoms with Crippen molar-refractivity contribution in [2.24, 2.45) is 0 Å². The third-order valence-electron chi connectivity index (χ3n) is 3.76. The molecule has 0 aliphatic carbocycles. The molecule has 0 unspecified atom stereocenters. The minimum Gasteiger partial charge on any atom is -0.265 e. The molecule has 2 heterocycles. The van der Waals surface area contributed by atoms with E-state index in [-0.39, 0.29) is 15.8 Å². The first kappa shape index (κ1) is 19.0. The van der Waals surface area contributed by atoms with Gasteiger partial charge in [0.25, 0.3) is 0 Å². The smallest absolute Gasteiger partial charge is 0.250 e. The fraction of sp³-hybridized carbons (Fsp3) is 0.235. The fourth-order valence-electron chi connectivity index (χ4n) is 2.47. The van der Waals surface area contributed by atoms with Gasteiger partial charge >= 0.3 is 0 Å². The van der Waals surface area contributed by atoms with Gasteiger partial charge in [0.2, 0.25) is 10.0 Å². The summed E-state index contributed by atoms with van der Waals surface area (Å²) in [5.74, 6) is -0.465. The highest BCUT2D eigenvalue weighted by atomic mass is 35.5. The molecule has 0 amide bonds. The lowest BCUT2D eigenvalue weighted by atomic mass is 10.2. The minimum atomic E-state index is -3.69. The maximum Gasteiger partial charge on any atom is 0.250 e. The molecular formula is C17H17ClFN3O2S2. The summed E-state index contributed by atoms with van der Waals surface area (Å²) in [4.78, 5) is 0. The Hall–Kier alpha value is -1.74. The van der Waals surface area contributed by atoms with Crippen molar-refractivity contribution in [3.63, 3.8) is 0 Å². The van der Waals surface area contributed by atoms with Gasteiger partial charge in [-0.15, -0.1) is 11.3 Å². The van der Waals surface area contributed by atoms with Crippen LogP contribution in [-0.2, 0) is 23.1 Å². The van der Waals surface area contributed by atoms with Crippen molar-refractivity contribution in [3.05, 3.63) is 58.3 Å². The van der Waals surface area contributed by atoms with Crippen LogP contribution < -0.4 is 4.72 Å². The lowest BCUT2D eigenvalue weighted by Crippen LogP contribution is -2.22. The number of benzene rings is 1. The van der Waals surface area contributed by atoms with Crippen LogP contribution in [0.1, 0.15) is 18.9 Å². The Bertz CT molecular complexity index is 1010. The van der Waals surface area contributed by atoms with E-state index in [0.717, 1.165) is 41.6 Å². The number of sulfonamides is 1. The highest BCUT2D eigenvalue weighted by Crippen LogP contribution is 2.29. The van der Waals surface area contributed by atoms with Gasteiger partial charge in [-0.3, -0.25) is 4.68 Å². The quantitative estimate of drug-likeness (QED) is 0.628. The van der Waals surface area contributed by atoms with Crippen LogP contribution in [0.3, 0.4) is 0 Å². The van der Waals surface area contributed by atoms with Crippen molar-refractivity contribution in [2.75, 3.05) is 0 Å². The third kappa shape index (κ3) is 4.15. The fourth-order valence-corrected chi connectivity index (χ4v) is 4.93. The van der Waals surface area contributed by atoms with Gasteiger partial charge in [-0.1, -0.05) is 24.6 Å². The van der Waals surface area contributed by atoms with E-state index < -0.39 is 15.8 Å². The van der Waals surface area contributed by atoms with Crippen molar-refractivity contribution < 1.29 is 12.8 Å². The lowest BCUT2D eigenvalue weighted by molar-refractivity contribution is 0.583. The van der Waals surface area contributed by atoms with Gasteiger partial charge in [-0.05, 0) is 36.2 Å². The largest absolute Gasteiger partial charge is 0.265 e. The predicted octanol–water partition coefficient (Wildman–Crippen LogP) is 4.29. The van der Waals surface area contributed by atoms with E-state index in [9.17, 15) is 12.8 Å². The Kier molecular flexibility index (Phi) is 5.76. The molecule has 9 heteroatoms. The van der Waals surface area contributed by atoms with Crippen LogP contribution >= 0.6 is 22.9 Å². The van der Waals surface area contributed by atoms with Crippen LogP contribution in [-0.4, -0.2) is 18.2 Å². The Balaban J connectivity index is 1.78. The topological polar surface area (TPSA) is 64.0 Å². The molecule has 26 heavy (non-hydrogen) atoms. The first-order chi connectivity index (χ1) is 12.4. The standard InChI is InChI=1S/C17H17ClFN3O2S2/c1-2-7-22-16(5-6-20-22)13-8-17(25-11-13)26(23,24)21-10-12-3-4-14(19)9-15(12)18/h3-6,8-9,11,21H,2,7,10H2,1H3. The van der Waals surface area contributed by atoms with E-state index in [1.54, 1.807) is 17.6 Å². The minimum absolute atomic E-state index is 0.0115. The average Bonchev–Trinajstić information content (AvgIpc) is 3.23. The van der Waals surface area contributed by atoms with E-state index in [4.69, 9.17) is 11.6 Å². The normalized spacial score (nSPS) is 11.8. The Morgan fingerprint density at radius 3 is 2.85 bits per heavy atom. The molecule has 5 nitrogen and oxygen atoms in total. The number of halogens is 2. The van der Waals surface area contributed by atoms with Gasteiger partial charge in [0, 0.05) is 35.3 Å². The summed E-state index contributed by atoms with van der Waals surface area (Å²) in [6.45, 7) is 2.81. The molecule has 1 N–H and O–H groups in total. The molecule has 3 rings (SSSR count). The van der Waals surface area contributed by atoms with E-state index in [2.05, 4.69) is 16.7 Å². The maximum atomic E-state index is 13.1. The molecule has 0 saturated heterocycles. The SMILES string of the molecule is CCCn1nccc1-c1csc(S(=O)(=O)NCc2ccc(F)cc2Cl)c1. The summed E-state index contributed by atoms with van der Waals surface area (Å²) in [7, 11) is -3.69. The van der Waals surface area contributed by atoms with Crippen LogP contribution in [0.4, 0.5) is 4.39 Å². The lowest BCUT2D eigenvalue weighted by Gasteiger charge is -2.07. The summed E-state index contributed by atoms with van der Waals surface area (Å²) in [6, 6.07) is 7.35. The van der Waals surface area contributed by atoms with Crippen LogP contribution in [0.15, 0.2) is 46.1 Å². The number of hydrogen-bond acceptors (Lipinski definition) is 4. The van der Waals surface area contributed by atoms with Gasteiger partial charge in [-0.2, -0.15) is 5.10 Å². The molecule has 0 spiro atoms. The average molecular weight is 414 g/mol. The zero-order valence-corrected chi connectivity index (χ0v) is 16.3. The predicted molar refractivity (Wildman–Crippen MR) is 101 cm³/mol. The van der Waals surface area contributed by atoms with Crippen LogP contribution in [0, 0.1) is 5.82 Å². The van der Waals surface area contributed by atoms with Crippen LogP contribution in [0.5, 0.6) is 0 Å². The molecule has 0 bridgehead atoms. The molecule has 0 aliphatic heterocycles. The number of rotatable bonds is 7. The van der Waals surface area contributed by atoms with Crippen LogP contribution in [0.2, 0.25) is 5.02 Å². The molecule has 3 aromatic rings. The molecule has 0 atom stereocenters. The summed E-state index contributed by atoms with van der Waals surface area (Å²) >= 11 is 7.08. The third-order valence-corrected chi connectivity index (χ3v) is 6.95. The number of aryl methyl sites for hydroxylation is 1. The van der Waals surface area contributed by atoms with Gasteiger partial charge in [0.15, 0.2) is 0 Å². The molecule has 1 aromatic carbocycles. The first-order valence-corrected chi connectivity index (χ1v) is 10.7. The van der Waals surface area contributed by atoms with Gasteiger partial charge in [0.05, 0.1) is 5.69 Å². The van der Waals surface area contributed by atoms with Crippen molar-refractivity contribution in [2.45, 2.75) is 30.6 Å². The molecule has 0 fully saturated rings. The summed E-state index contributed by atoms with van der Waals surface area (Å²) in [5.41, 5.74) is 2.20. The van der Waals surface area contributed by atoms with Crippen molar-refractivity contribution in [1.82, 2.24) is 14.5 Å². The number of hydrogen-bond donors (Lipinski definition) is 1. The van der Waals surface area contributed by atoms with E-state index in [1.807, 2.05) is 10.7 Å². The van der Waals surface area contributed by atoms with Gasteiger partial charge in [-0.25, -0.2) is 17.5 Å². The molecular weight excluding hydrogens is 397 g/mol. The van der Waals surface area contributed by atoms with Crippen molar-refractivity contribution in [3.8, 4) is 11.3 Å². The number of nitrogens with one attached hydrogen (secondary N) is 1. The summed E-state index contributed by atoms with van der Waals surface area (Å²) < 4.78 is 42.7. The molecule has 0 radical (unpaired) electrons. The second-order valence-corrected chi connectivity index (χ2v) is 8.97. The molecule has 138 valence electrons. The summed E-state index contributed by atoms with van der Waals surface area (Å²) in [5, 5.41) is 6.24. The zero-order valence-electron chi connectivity index (χ0n) is 13.9. The number of nitrogens with zero attached hydrogens (tertiary/aromatic N) is 2. The molecule has 2 aromatic heterocycles. The highest BCUT2D eigenvalue weighted by molar-refractivity contribution is 7.91. The van der Waals surface area contributed by atoms with E-state index in [1.165, 1.54) is 12.1 Å². The first-order valence-electron chi connectivity index (χ1n) is 7.95.